The SMILES string of the molecule is C=C(C)OC1=CCC2C3Cc4ccc(C)c5c4C2(CCN3C)C1O5. The number of benzene rings is 1. The number of likely N-dealkylation sites (tertiary alicyclic amines) is 1. The normalized spacial score (nSPS) is 35.8. The number of hydrogen-bond acceptors (Lipinski definition) is 3. The van der Waals surface area contributed by atoms with Gasteiger partial charge in [0.2, 0.25) is 0 Å². The molecule has 5 rings (SSSR count). The average molecular weight is 323 g/mol. The van der Waals surface area contributed by atoms with Gasteiger partial charge in [-0.3, -0.25) is 0 Å². The van der Waals surface area contributed by atoms with Crippen LogP contribution >= 0.6 is 0 Å². The molecule has 4 aliphatic rings. The molecule has 4 unspecified atom stereocenters. The monoisotopic (exact) mass is 323 g/mol. The van der Waals surface area contributed by atoms with Gasteiger partial charge in [-0.2, -0.15) is 0 Å². The van der Waals surface area contributed by atoms with Gasteiger partial charge in [-0.15, -0.1) is 0 Å². The first-order valence-electron chi connectivity index (χ1n) is 9.05. The fourth-order valence-electron chi connectivity index (χ4n) is 5.76. The quantitative estimate of drug-likeness (QED) is 0.775. The standard InChI is InChI=1S/C21H25NO2/c1-12(2)23-17-8-7-15-16-11-14-6-5-13(3)19-18(14)21(15,20(17)24-19)9-10-22(16)4/h5-6,8,15-16,20H,1,7,9-11H2,2-4H3. The maximum absolute atomic E-state index is 6.61. The highest BCUT2D eigenvalue weighted by Gasteiger charge is 2.64. The molecule has 0 saturated carbocycles. The van der Waals surface area contributed by atoms with E-state index in [1.165, 1.54) is 16.7 Å². The predicted molar refractivity (Wildman–Crippen MR) is 94.1 cm³/mol. The Morgan fingerprint density at radius 1 is 1.42 bits per heavy atom. The van der Waals surface area contributed by atoms with E-state index in [1.807, 2.05) is 6.92 Å². The van der Waals surface area contributed by atoms with Crippen molar-refractivity contribution in [3.05, 3.63) is 53.0 Å². The van der Waals surface area contributed by atoms with E-state index in [0.717, 1.165) is 43.1 Å². The lowest BCUT2D eigenvalue weighted by Gasteiger charge is -2.56. The molecule has 2 heterocycles. The molecule has 0 N–H and O–H groups in total. The lowest BCUT2D eigenvalue weighted by molar-refractivity contribution is -0.0252. The molecule has 1 fully saturated rings. The van der Waals surface area contributed by atoms with Crippen molar-refractivity contribution in [1.82, 2.24) is 4.90 Å². The smallest absolute Gasteiger partial charge is 0.166 e. The van der Waals surface area contributed by atoms with Gasteiger partial charge in [0.15, 0.2) is 6.10 Å². The van der Waals surface area contributed by atoms with Gasteiger partial charge in [0.1, 0.15) is 11.5 Å². The first-order valence-corrected chi connectivity index (χ1v) is 9.05. The summed E-state index contributed by atoms with van der Waals surface area (Å²) in [6.07, 6.45) is 5.64. The summed E-state index contributed by atoms with van der Waals surface area (Å²) in [5, 5.41) is 0. The lowest BCUT2D eigenvalue weighted by atomic mass is 9.53. The molecule has 2 aliphatic carbocycles. The Morgan fingerprint density at radius 3 is 3.04 bits per heavy atom. The zero-order chi connectivity index (χ0) is 16.6. The van der Waals surface area contributed by atoms with E-state index in [-0.39, 0.29) is 11.5 Å². The van der Waals surface area contributed by atoms with Crippen LogP contribution in [0.4, 0.5) is 0 Å². The Kier molecular flexibility index (Phi) is 2.83. The Balaban J connectivity index is 1.75. The van der Waals surface area contributed by atoms with Gasteiger partial charge in [0.25, 0.3) is 0 Å². The van der Waals surface area contributed by atoms with E-state index in [2.05, 4.69) is 43.7 Å². The van der Waals surface area contributed by atoms with Crippen LogP contribution < -0.4 is 4.74 Å². The molecule has 0 radical (unpaired) electrons. The van der Waals surface area contributed by atoms with Crippen LogP contribution in [0, 0.1) is 12.8 Å². The van der Waals surface area contributed by atoms with E-state index in [4.69, 9.17) is 9.47 Å². The van der Waals surface area contributed by atoms with Crippen molar-refractivity contribution < 1.29 is 9.47 Å². The number of rotatable bonds is 2. The number of ether oxygens (including phenoxy) is 2. The first kappa shape index (κ1) is 14.6. The van der Waals surface area contributed by atoms with E-state index in [0.29, 0.717) is 12.0 Å². The number of nitrogens with zero attached hydrogens (tertiary/aromatic N) is 1. The Hall–Kier alpha value is -1.74. The summed E-state index contributed by atoms with van der Waals surface area (Å²) < 4.78 is 12.6. The molecule has 24 heavy (non-hydrogen) atoms. The number of piperidine rings is 1. The molecule has 4 atom stereocenters. The largest absolute Gasteiger partial charge is 0.481 e. The zero-order valence-electron chi connectivity index (χ0n) is 14.8. The van der Waals surface area contributed by atoms with E-state index in [9.17, 15) is 0 Å². The molecule has 1 spiro atoms. The van der Waals surface area contributed by atoms with Gasteiger partial charge >= 0.3 is 0 Å². The molecule has 1 aromatic rings. The first-order chi connectivity index (χ1) is 11.5. The van der Waals surface area contributed by atoms with Crippen LogP contribution in [0.3, 0.4) is 0 Å². The summed E-state index contributed by atoms with van der Waals surface area (Å²) in [4.78, 5) is 2.56. The molecule has 1 saturated heterocycles. The second-order valence-corrected chi connectivity index (χ2v) is 8.04. The van der Waals surface area contributed by atoms with Crippen molar-refractivity contribution in [2.75, 3.05) is 13.6 Å². The topological polar surface area (TPSA) is 21.7 Å². The van der Waals surface area contributed by atoms with Gasteiger partial charge < -0.3 is 14.4 Å². The molecule has 3 nitrogen and oxygen atoms in total. The third-order valence-corrected chi connectivity index (χ3v) is 6.73. The van der Waals surface area contributed by atoms with Crippen LogP contribution in [0.1, 0.15) is 36.5 Å². The second kappa shape index (κ2) is 4.66. The minimum Gasteiger partial charge on any atom is -0.481 e. The van der Waals surface area contributed by atoms with E-state index in [1.54, 1.807) is 0 Å². The Bertz CT molecular complexity index is 780. The van der Waals surface area contributed by atoms with Crippen molar-refractivity contribution >= 4 is 0 Å². The van der Waals surface area contributed by atoms with Crippen LogP contribution in [0.15, 0.2) is 36.3 Å². The number of likely N-dealkylation sites (N-methyl/N-ethyl adjacent to an activating group) is 1. The highest BCUT2D eigenvalue weighted by atomic mass is 16.5. The molecule has 0 aromatic heterocycles. The fourth-order valence-corrected chi connectivity index (χ4v) is 5.76. The van der Waals surface area contributed by atoms with Gasteiger partial charge in [-0.05, 0) is 69.8 Å². The number of hydrogen-bond donors (Lipinski definition) is 0. The predicted octanol–water partition coefficient (Wildman–Crippen LogP) is 3.71. The molecule has 1 aromatic carbocycles. The van der Waals surface area contributed by atoms with Crippen molar-refractivity contribution in [1.29, 1.82) is 0 Å². The molecular weight excluding hydrogens is 298 g/mol. The second-order valence-electron chi connectivity index (χ2n) is 8.04. The van der Waals surface area contributed by atoms with Crippen LogP contribution in [0.25, 0.3) is 0 Å². The summed E-state index contributed by atoms with van der Waals surface area (Å²) in [6.45, 7) is 9.16. The molecule has 2 bridgehead atoms. The highest BCUT2D eigenvalue weighted by Crippen LogP contribution is 2.62. The summed E-state index contributed by atoms with van der Waals surface area (Å²) >= 11 is 0. The van der Waals surface area contributed by atoms with Gasteiger partial charge in [-0.25, -0.2) is 0 Å². The summed E-state index contributed by atoms with van der Waals surface area (Å²) in [7, 11) is 2.28. The molecule has 2 aliphatic heterocycles. The van der Waals surface area contributed by atoms with Crippen molar-refractivity contribution in [3.8, 4) is 5.75 Å². The Morgan fingerprint density at radius 2 is 2.25 bits per heavy atom. The molecule has 126 valence electrons. The zero-order valence-corrected chi connectivity index (χ0v) is 14.8. The van der Waals surface area contributed by atoms with Gasteiger partial charge in [0, 0.05) is 17.0 Å². The van der Waals surface area contributed by atoms with Crippen molar-refractivity contribution in [3.63, 3.8) is 0 Å². The fraction of sp³-hybridized carbons (Fsp3) is 0.524. The van der Waals surface area contributed by atoms with Crippen LogP contribution in [-0.2, 0) is 16.6 Å². The third-order valence-electron chi connectivity index (χ3n) is 6.73. The summed E-state index contributed by atoms with van der Waals surface area (Å²) in [5.41, 5.74) is 4.33. The lowest BCUT2D eigenvalue weighted by Crippen LogP contribution is -2.63. The average Bonchev–Trinajstić information content (AvgIpc) is 2.89. The minimum atomic E-state index is 0.0132. The van der Waals surface area contributed by atoms with Gasteiger partial charge in [-0.1, -0.05) is 18.7 Å². The maximum atomic E-state index is 6.61. The van der Waals surface area contributed by atoms with E-state index < -0.39 is 0 Å². The van der Waals surface area contributed by atoms with Crippen LogP contribution in [0.2, 0.25) is 0 Å². The molecular formula is C21H25NO2. The Labute approximate surface area is 143 Å². The highest BCUT2D eigenvalue weighted by molar-refractivity contribution is 5.59. The maximum Gasteiger partial charge on any atom is 0.166 e. The summed E-state index contributed by atoms with van der Waals surface area (Å²) in [6, 6.07) is 5.16. The number of allylic oxidation sites excluding steroid dienone is 2. The van der Waals surface area contributed by atoms with Crippen LogP contribution in [-0.4, -0.2) is 30.6 Å². The van der Waals surface area contributed by atoms with Crippen molar-refractivity contribution in [2.24, 2.45) is 5.92 Å². The number of aryl methyl sites for hydroxylation is 1. The third kappa shape index (κ3) is 1.61. The molecule has 0 amide bonds. The minimum absolute atomic E-state index is 0.0132. The van der Waals surface area contributed by atoms with E-state index >= 15 is 0 Å². The van der Waals surface area contributed by atoms with Gasteiger partial charge in [0.05, 0.1) is 5.76 Å². The van der Waals surface area contributed by atoms with Crippen LogP contribution in [0.5, 0.6) is 5.75 Å². The summed E-state index contributed by atoms with van der Waals surface area (Å²) in [5.74, 6) is 3.47. The van der Waals surface area contributed by atoms with Crippen molar-refractivity contribution in [2.45, 2.75) is 50.7 Å². The molecule has 3 heteroatoms.